The Kier molecular flexibility index (Phi) is 4.39. The summed E-state index contributed by atoms with van der Waals surface area (Å²) in [5.41, 5.74) is 0.905. The first kappa shape index (κ1) is 14.0. The predicted octanol–water partition coefficient (Wildman–Crippen LogP) is 3.04. The van der Waals surface area contributed by atoms with Crippen LogP contribution >= 0.6 is 38.9 Å². The smallest absolute Gasteiger partial charge is 0.242 e. The maximum Gasteiger partial charge on any atom is 0.243 e. The molecule has 2 heterocycles. The van der Waals surface area contributed by atoms with E-state index < -0.39 is 10.0 Å². The van der Waals surface area contributed by atoms with Gasteiger partial charge in [0.15, 0.2) is 0 Å². The third kappa shape index (κ3) is 3.30. The Labute approximate surface area is 122 Å². The van der Waals surface area contributed by atoms with E-state index in [0.717, 1.165) is 5.56 Å². The van der Waals surface area contributed by atoms with E-state index in [1.165, 1.54) is 23.6 Å². The van der Waals surface area contributed by atoms with Gasteiger partial charge in [0.2, 0.25) is 10.0 Å². The number of sulfonamides is 1. The minimum atomic E-state index is -3.66. The molecule has 1 N–H and O–H groups in total. The van der Waals surface area contributed by atoms with Crippen molar-refractivity contribution in [2.75, 3.05) is 0 Å². The molecule has 2 aromatic heterocycles. The van der Waals surface area contributed by atoms with E-state index in [0.29, 0.717) is 4.47 Å². The van der Waals surface area contributed by atoms with E-state index in [9.17, 15) is 8.42 Å². The third-order valence-corrected chi connectivity index (χ3v) is 5.10. The lowest BCUT2D eigenvalue weighted by molar-refractivity contribution is 0.581. The topological polar surface area (TPSA) is 59.1 Å². The number of thiophene rings is 1. The summed E-state index contributed by atoms with van der Waals surface area (Å²) in [5, 5.41) is 3.72. The number of aromatic nitrogens is 1. The van der Waals surface area contributed by atoms with Crippen molar-refractivity contribution in [1.82, 2.24) is 9.71 Å². The van der Waals surface area contributed by atoms with Crippen molar-refractivity contribution < 1.29 is 8.42 Å². The Morgan fingerprint density at radius 3 is 2.94 bits per heavy atom. The number of halogens is 2. The Hall–Kier alpha value is -0.470. The second-order valence-corrected chi connectivity index (χ2v) is 7.19. The minimum Gasteiger partial charge on any atom is -0.242 e. The van der Waals surface area contributed by atoms with Gasteiger partial charge in [0, 0.05) is 17.2 Å². The molecule has 0 fully saturated rings. The fourth-order valence-electron chi connectivity index (χ4n) is 1.24. The lowest BCUT2D eigenvalue weighted by atomic mass is 10.4. The Bertz CT molecular complexity index is 644. The summed E-state index contributed by atoms with van der Waals surface area (Å²) in [6.07, 6.45) is 1.44. The summed E-state index contributed by atoms with van der Waals surface area (Å²) in [5.74, 6) is 0. The third-order valence-electron chi connectivity index (χ3n) is 2.11. The van der Waals surface area contributed by atoms with Crippen molar-refractivity contribution >= 4 is 48.9 Å². The molecule has 0 radical (unpaired) electrons. The second-order valence-electron chi connectivity index (χ2n) is 3.40. The van der Waals surface area contributed by atoms with E-state index in [4.69, 9.17) is 11.6 Å². The number of hydrogen-bond donors (Lipinski definition) is 1. The molecule has 0 bridgehead atoms. The molecule has 0 unspecified atom stereocenters. The van der Waals surface area contributed by atoms with E-state index in [1.54, 1.807) is 0 Å². The van der Waals surface area contributed by atoms with Crippen molar-refractivity contribution in [2.24, 2.45) is 0 Å². The quantitative estimate of drug-likeness (QED) is 0.845. The zero-order valence-electron chi connectivity index (χ0n) is 8.93. The van der Waals surface area contributed by atoms with Crippen molar-refractivity contribution in [3.63, 3.8) is 0 Å². The van der Waals surface area contributed by atoms with Crippen molar-refractivity contribution in [3.05, 3.63) is 44.3 Å². The first-order valence-electron chi connectivity index (χ1n) is 4.81. The standard InChI is InChI=1S/C10H8BrClN2O2S2/c11-8-3-9(10(12)13-5-8)18(15,16)14-4-7-1-2-17-6-7/h1-3,5-6,14H,4H2. The maximum absolute atomic E-state index is 12.0. The molecule has 2 aromatic rings. The van der Waals surface area contributed by atoms with Gasteiger partial charge in [-0.2, -0.15) is 11.3 Å². The molecule has 0 aliphatic rings. The first-order chi connectivity index (χ1) is 8.49. The van der Waals surface area contributed by atoms with Gasteiger partial charge in [-0.3, -0.25) is 0 Å². The van der Waals surface area contributed by atoms with Gasteiger partial charge in [0.25, 0.3) is 0 Å². The van der Waals surface area contributed by atoms with Crippen LogP contribution in [0, 0.1) is 0 Å². The molecule has 0 aliphatic carbocycles. The summed E-state index contributed by atoms with van der Waals surface area (Å²) >= 11 is 10.5. The summed E-state index contributed by atoms with van der Waals surface area (Å²) in [6.45, 7) is 0.231. The average molecular weight is 368 g/mol. The molecular formula is C10H8BrClN2O2S2. The van der Waals surface area contributed by atoms with Crippen molar-refractivity contribution in [1.29, 1.82) is 0 Å². The molecule has 0 atom stereocenters. The van der Waals surface area contributed by atoms with Crippen LogP contribution in [0.3, 0.4) is 0 Å². The van der Waals surface area contributed by atoms with Gasteiger partial charge in [0.05, 0.1) is 0 Å². The zero-order valence-corrected chi connectivity index (χ0v) is 12.9. The van der Waals surface area contributed by atoms with Crippen LogP contribution in [0.15, 0.2) is 38.5 Å². The highest BCUT2D eigenvalue weighted by atomic mass is 79.9. The Balaban J connectivity index is 2.22. The number of hydrogen-bond acceptors (Lipinski definition) is 4. The second kappa shape index (κ2) is 5.66. The highest BCUT2D eigenvalue weighted by molar-refractivity contribution is 9.10. The molecule has 18 heavy (non-hydrogen) atoms. The molecule has 2 rings (SSSR count). The molecule has 0 spiro atoms. The predicted molar refractivity (Wildman–Crippen MR) is 75.3 cm³/mol. The van der Waals surface area contributed by atoms with E-state index >= 15 is 0 Å². The number of rotatable bonds is 4. The highest BCUT2D eigenvalue weighted by Crippen LogP contribution is 2.22. The molecule has 4 nitrogen and oxygen atoms in total. The van der Waals surface area contributed by atoms with E-state index in [1.807, 2.05) is 16.8 Å². The number of pyridine rings is 1. The van der Waals surface area contributed by atoms with Crippen LogP contribution in [0.2, 0.25) is 5.15 Å². The van der Waals surface area contributed by atoms with Gasteiger partial charge in [-0.15, -0.1) is 0 Å². The Morgan fingerprint density at radius 2 is 2.28 bits per heavy atom. The van der Waals surface area contributed by atoms with Crippen molar-refractivity contribution in [3.8, 4) is 0 Å². The summed E-state index contributed by atoms with van der Waals surface area (Å²) in [4.78, 5) is 3.76. The lowest BCUT2D eigenvalue weighted by Gasteiger charge is -2.07. The van der Waals surface area contributed by atoms with Gasteiger partial charge in [-0.1, -0.05) is 11.6 Å². The molecular weight excluding hydrogens is 360 g/mol. The number of nitrogens with one attached hydrogen (secondary N) is 1. The molecule has 0 aliphatic heterocycles. The van der Waals surface area contributed by atoms with Gasteiger partial charge < -0.3 is 0 Å². The van der Waals surface area contributed by atoms with Crippen LogP contribution in [0.5, 0.6) is 0 Å². The SMILES string of the molecule is O=S(=O)(NCc1ccsc1)c1cc(Br)cnc1Cl. The van der Waals surface area contributed by atoms with E-state index in [2.05, 4.69) is 25.6 Å². The normalized spacial score (nSPS) is 11.7. The fourth-order valence-corrected chi connectivity index (χ4v) is 3.87. The largest absolute Gasteiger partial charge is 0.243 e. The van der Waals surface area contributed by atoms with Gasteiger partial charge in [0.1, 0.15) is 10.0 Å². The molecule has 0 aromatic carbocycles. The van der Waals surface area contributed by atoms with Crippen LogP contribution in [0.1, 0.15) is 5.56 Å². The van der Waals surface area contributed by atoms with Crippen LogP contribution in [-0.4, -0.2) is 13.4 Å². The molecule has 0 saturated carbocycles. The van der Waals surface area contributed by atoms with E-state index in [-0.39, 0.29) is 16.6 Å². The van der Waals surface area contributed by atoms with Crippen LogP contribution in [0.25, 0.3) is 0 Å². The van der Waals surface area contributed by atoms with Crippen molar-refractivity contribution in [2.45, 2.75) is 11.4 Å². The minimum absolute atomic E-state index is 0.0335. The molecule has 0 amide bonds. The highest BCUT2D eigenvalue weighted by Gasteiger charge is 2.19. The Morgan fingerprint density at radius 1 is 1.50 bits per heavy atom. The van der Waals surface area contributed by atoms with Gasteiger partial charge in [-0.25, -0.2) is 18.1 Å². The maximum atomic E-state index is 12.0. The molecule has 0 saturated heterocycles. The lowest BCUT2D eigenvalue weighted by Crippen LogP contribution is -2.23. The summed E-state index contributed by atoms with van der Waals surface area (Å²) in [6, 6.07) is 3.28. The van der Waals surface area contributed by atoms with Crippen LogP contribution in [0.4, 0.5) is 0 Å². The van der Waals surface area contributed by atoms with Gasteiger partial charge in [-0.05, 0) is 44.4 Å². The average Bonchev–Trinajstić information content (AvgIpc) is 2.83. The van der Waals surface area contributed by atoms with Crippen LogP contribution < -0.4 is 4.72 Å². The molecule has 8 heteroatoms. The first-order valence-corrected chi connectivity index (χ1v) is 8.40. The van der Waals surface area contributed by atoms with Gasteiger partial charge >= 0.3 is 0 Å². The molecule has 96 valence electrons. The fraction of sp³-hybridized carbons (Fsp3) is 0.100. The number of nitrogens with zero attached hydrogens (tertiary/aromatic N) is 1. The van der Waals surface area contributed by atoms with Crippen LogP contribution in [-0.2, 0) is 16.6 Å². The summed E-state index contributed by atoms with van der Waals surface area (Å²) in [7, 11) is -3.66. The monoisotopic (exact) mass is 366 g/mol. The summed E-state index contributed by atoms with van der Waals surface area (Å²) < 4.78 is 27.1. The zero-order chi connectivity index (χ0) is 13.2.